The van der Waals surface area contributed by atoms with Crippen molar-refractivity contribution in [3.8, 4) is 0 Å². The molecule has 8 heteroatoms. The van der Waals surface area contributed by atoms with Crippen molar-refractivity contribution in [3.05, 3.63) is 82.2 Å². The number of thiophene rings is 1. The number of anilines is 2. The van der Waals surface area contributed by atoms with E-state index in [4.69, 9.17) is 9.57 Å². The van der Waals surface area contributed by atoms with Gasteiger partial charge in [-0.3, -0.25) is 14.4 Å². The fourth-order valence-electron chi connectivity index (χ4n) is 6.18. The molecular formula is C31H32N2O5S. The summed E-state index contributed by atoms with van der Waals surface area (Å²) in [4.78, 5) is 49.8. The van der Waals surface area contributed by atoms with Crippen LogP contribution in [0.3, 0.4) is 0 Å². The lowest BCUT2D eigenvalue weighted by Crippen LogP contribution is -2.37. The SMILES string of the molecule is COC(=O)c1c(N2C(=O)[C@H]3[C@@H](c4ccccc4)N(c4ccccc4)O[C@H]3C2=O)sc2c1CC[C@H](C(C)(C)C)C2. The highest BCUT2D eigenvalue weighted by molar-refractivity contribution is 7.17. The van der Waals surface area contributed by atoms with Crippen LogP contribution in [-0.4, -0.2) is 31.0 Å². The van der Waals surface area contributed by atoms with Crippen molar-refractivity contribution in [2.24, 2.45) is 17.3 Å². The normalized spacial score (nSPS) is 24.6. The molecule has 3 aromatic rings. The molecule has 0 N–H and O–H groups in total. The van der Waals surface area contributed by atoms with Gasteiger partial charge in [0.2, 0.25) is 5.91 Å². The van der Waals surface area contributed by atoms with Gasteiger partial charge in [0.15, 0.2) is 6.10 Å². The Hall–Kier alpha value is -3.49. The van der Waals surface area contributed by atoms with Crippen LogP contribution in [0, 0.1) is 17.3 Å². The second kappa shape index (κ2) is 9.61. The molecule has 0 radical (unpaired) electrons. The van der Waals surface area contributed by atoms with Gasteiger partial charge >= 0.3 is 5.97 Å². The Morgan fingerprint density at radius 3 is 2.31 bits per heavy atom. The molecule has 2 fully saturated rings. The third-order valence-electron chi connectivity index (χ3n) is 8.33. The summed E-state index contributed by atoms with van der Waals surface area (Å²) >= 11 is 1.38. The Morgan fingerprint density at radius 1 is 1.00 bits per heavy atom. The predicted molar refractivity (Wildman–Crippen MR) is 150 cm³/mol. The lowest BCUT2D eigenvalue weighted by atomic mass is 9.72. The van der Waals surface area contributed by atoms with Crippen LogP contribution in [0.4, 0.5) is 10.7 Å². The van der Waals surface area contributed by atoms with Gasteiger partial charge in [-0.05, 0) is 53.9 Å². The van der Waals surface area contributed by atoms with Gasteiger partial charge in [0.25, 0.3) is 5.91 Å². The Kier molecular flexibility index (Phi) is 6.35. The van der Waals surface area contributed by atoms with Crippen LogP contribution in [0.5, 0.6) is 0 Å². The number of ether oxygens (including phenoxy) is 1. The highest BCUT2D eigenvalue weighted by Gasteiger charge is 2.61. The van der Waals surface area contributed by atoms with E-state index in [0.717, 1.165) is 34.5 Å². The van der Waals surface area contributed by atoms with Crippen LogP contribution in [0.15, 0.2) is 60.7 Å². The van der Waals surface area contributed by atoms with Crippen molar-refractivity contribution < 1.29 is 24.0 Å². The second-order valence-corrected chi connectivity index (χ2v) is 12.6. The molecule has 2 amide bonds. The molecular weight excluding hydrogens is 512 g/mol. The molecule has 0 spiro atoms. The molecule has 3 aliphatic rings. The number of hydrogen-bond donors (Lipinski definition) is 0. The zero-order valence-corrected chi connectivity index (χ0v) is 23.4. The van der Waals surface area contributed by atoms with E-state index in [1.165, 1.54) is 23.3 Å². The van der Waals surface area contributed by atoms with E-state index < -0.39 is 29.9 Å². The number of esters is 1. The molecule has 202 valence electrons. The van der Waals surface area contributed by atoms with Crippen LogP contribution in [0.2, 0.25) is 0 Å². The van der Waals surface area contributed by atoms with Gasteiger partial charge < -0.3 is 4.74 Å². The van der Waals surface area contributed by atoms with Crippen molar-refractivity contribution in [2.45, 2.75) is 52.2 Å². The van der Waals surface area contributed by atoms with Gasteiger partial charge in [0.05, 0.1) is 24.4 Å². The van der Waals surface area contributed by atoms with E-state index in [0.29, 0.717) is 22.9 Å². The third-order valence-corrected chi connectivity index (χ3v) is 9.57. The molecule has 7 nitrogen and oxygen atoms in total. The number of benzene rings is 2. The zero-order valence-electron chi connectivity index (χ0n) is 22.5. The molecule has 6 rings (SSSR count). The summed E-state index contributed by atoms with van der Waals surface area (Å²) in [5.41, 5.74) is 3.02. The number of hydrogen-bond acceptors (Lipinski definition) is 7. The summed E-state index contributed by atoms with van der Waals surface area (Å²) in [6, 6.07) is 18.7. The number of hydroxylamine groups is 1. The first-order valence-corrected chi connectivity index (χ1v) is 14.2. The maximum Gasteiger partial charge on any atom is 0.341 e. The van der Waals surface area contributed by atoms with Gasteiger partial charge in [0, 0.05) is 4.88 Å². The van der Waals surface area contributed by atoms with Crippen molar-refractivity contribution in [3.63, 3.8) is 0 Å². The van der Waals surface area contributed by atoms with Gasteiger partial charge in [-0.25, -0.2) is 14.8 Å². The number of carbonyl (C=O) groups excluding carboxylic acids is 3. The molecule has 2 aliphatic heterocycles. The maximum absolute atomic E-state index is 14.2. The molecule has 0 saturated carbocycles. The van der Waals surface area contributed by atoms with E-state index in [1.807, 2.05) is 60.7 Å². The van der Waals surface area contributed by atoms with Crippen molar-refractivity contribution in [1.29, 1.82) is 0 Å². The maximum atomic E-state index is 14.2. The highest BCUT2D eigenvalue weighted by atomic mass is 32.1. The summed E-state index contributed by atoms with van der Waals surface area (Å²) < 4.78 is 5.16. The first kappa shape index (κ1) is 25.8. The minimum absolute atomic E-state index is 0.112. The smallest absolute Gasteiger partial charge is 0.341 e. The zero-order chi connectivity index (χ0) is 27.5. The number of rotatable bonds is 4. The molecule has 0 bridgehead atoms. The van der Waals surface area contributed by atoms with Crippen LogP contribution in [-0.2, 0) is 32.0 Å². The minimum Gasteiger partial charge on any atom is -0.465 e. The summed E-state index contributed by atoms with van der Waals surface area (Å²) in [5.74, 6) is -1.63. The molecule has 2 aromatic carbocycles. The Labute approximate surface area is 232 Å². The average Bonchev–Trinajstić information content (AvgIpc) is 3.58. The van der Waals surface area contributed by atoms with Crippen LogP contribution in [0.25, 0.3) is 0 Å². The fourth-order valence-corrected chi connectivity index (χ4v) is 7.61. The number of imide groups is 1. The molecule has 1 aromatic heterocycles. The minimum atomic E-state index is -0.991. The van der Waals surface area contributed by atoms with Crippen molar-refractivity contribution in [1.82, 2.24) is 0 Å². The number of carbonyl (C=O) groups is 3. The Balaban J connectivity index is 1.42. The van der Waals surface area contributed by atoms with Crippen molar-refractivity contribution in [2.75, 3.05) is 17.1 Å². The highest BCUT2D eigenvalue weighted by Crippen LogP contribution is 2.51. The molecule has 3 heterocycles. The monoisotopic (exact) mass is 544 g/mol. The number of fused-ring (bicyclic) bond motifs is 2. The van der Waals surface area contributed by atoms with E-state index in [2.05, 4.69) is 20.8 Å². The predicted octanol–water partition coefficient (Wildman–Crippen LogP) is 5.74. The largest absolute Gasteiger partial charge is 0.465 e. The fraction of sp³-hybridized carbons (Fsp3) is 0.387. The third kappa shape index (κ3) is 4.17. The van der Waals surface area contributed by atoms with Gasteiger partial charge in [0.1, 0.15) is 10.9 Å². The van der Waals surface area contributed by atoms with E-state index >= 15 is 0 Å². The van der Waals surface area contributed by atoms with Gasteiger partial charge in [-0.15, -0.1) is 11.3 Å². The average molecular weight is 545 g/mol. The summed E-state index contributed by atoms with van der Waals surface area (Å²) in [7, 11) is 1.34. The number of methoxy groups -OCH3 is 1. The number of para-hydroxylation sites is 1. The van der Waals surface area contributed by atoms with Crippen LogP contribution < -0.4 is 9.96 Å². The number of nitrogens with zero attached hydrogens (tertiary/aromatic N) is 2. The molecule has 1 aliphatic carbocycles. The lowest BCUT2D eigenvalue weighted by molar-refractivity contribution is -0.126. The lowest BCUT2D eigenvalue weighted by Gasteiger charge is -2.33. The molecule has 39 heavy (non-hydrogen) atoms. The van der Waals surface area contributed by atoms with Crippen molar-refractivity contribution >= 4 is 39.8 Å². The number of amides is 2. The topological polar surface area (TPSA) is 76.2 Å². The van der Waals surface area contributed by atoms with Crippen LogP contribution >= 0.6 is 11.3 Å². The quantitative estimate of drug-likeness (QED) is 0.308. The first-order valence-electron chi connectivity index (χ1n) is 13.4. The van der Waals surface area contributed by atoms with E-state index in [9.17, 15) is 14.4 Å². The van der Waals surface area contributed by atoms with Crippen LogP contribution in [0.1, 0.15) is 59.6 Å². The molecule has 0 unspecified atom stereocenters. The van der Waals surface area contributed by atoms with Gasteiger partial charge in [-0.1, -0.05) is 69.3 Å². The first-order chi connectivity index (χ1) is 18.7. The molecule has 4 atom stereocenters. The van der Waals surface area contributed by atoms with E-state index in [-0.39, 0.29) is 11.3 Å². The summed E-state index contributed by atoms with van der Waals surface area (Å²) in [6.07, 6.45) is 1.47. The Bertz CT molecular complexity index is 1430. The van der Waals surface area contributed by atoms with E-state index in [1.54, 1.807) is 5.06 Å². The Morgan fingerprint density at radius 2 is 1.67 bits per heavy atom. The van der Waals surface area contributed by atoms with Gasteiger partial charge in [-0.2, -0.15) is 0 Å². The summed E-state index contributed by atoms with van der Waals surface area (Å²) in [5, 5.41) is 2.05. The summed E-state index contributed by atoms with van der Waals surface area (Å²) in [6.45, 7) is 6.69. The molecule has 2 saturated heterocycles. The second-order valence-electron chi connectivity index (χ2n) is 11.6. The standard InChI is InChI=1S/C31H32N2O5S/c1-31(2,3)19-15-16-21-22(17-19)39-29(23(21)30(36)37-4)32-27(34)24-25(18-11-7-5-8-12-18)33(38-26(24)28(32)35)20-13-9-6-10-14-20/h5-14,19,24-26H,15-17H2,1-4H3/t19-,24-,25+,26+/m0/s1.